The fraction of sp³-hybridized carbons (Fsp3) is 0.250. The predicted molar refractivity (Wildman–Crippen MR) is 80.7 cm³/mol. The number of nitrogens with one attached hydrogen (secondary N) is 1. The van der Waals surface area contributed by atoms with Crippen LogP contribution in [-0.2, 0) is 0 Å². The topological polar surface area (TPSA) is 62.4 Å². The molecule has 21 heavy (non-hydrogen) atoms. The normalized spacial score (nSPS) is 10.2. The van der Waals surface area contributed by atoms with E-state index in [1.165, 1.54) is 17.2 Å². The number of H-pyrrole nitrogens is 1. The summed E-state index contributed by atoms with van der Waals surface area (Å²) in [6.45, 7) is 2.82. The third kappa shape index (κ3) is 3.95. The number of aromatic amines is 1. The second-order valence-corrected chi connectivity index (χ2v) is 4.78. The number of pyridine rings is 1. The lowest BCUT2D eigenvalue weighted by molar-refractivity contribution is 0.0773. The van der Waals surface area contributed by atoms with Crippen LogP contribution in [0.2, 0.25) is 0 Å². The number of aromatic nitrogens is 1. The van der Waals surface area contributed by atoms with Gasteiger partial charge in [0.25, 0.3) is 5.91 Å². The summed E-state index contributed by atoms with van der Waals surface area (Å²) in [5, 5.41) is 0. The van der Waals surface area contributed by atoms with E-state index in [0.717, 1.165) is 11.3 Å². The van der Waals surface area contributed by atoms with Gasteiger partial charge in [-0.05, 0) is 24.6 Å². The molecule has 1 aromatic heterocycles. The van der Waals surface area contributed by atoms with Gasteiger partial charge in [-0.25, -0.2) is 0 Å². The summed E-state index contributed by atoms with van der Waals surface area (Å²) in [5.41, 5.74) is 1.14. The van der Waals surface area contributed by atoms with E-state index in [-0.39, 0.29) is 11.5 Å². The van der Waals surface area contributed by atoms with Crippen LogP contribution < -0.4 is 10.3 Å². The van der Waals surface area contributed by atoms with Crippen LogP contribution in [0.3, 0.4) is 0 Å². The number of aryl methyl sites for hydroxylation is 1. The van der Waals surface area contributed by atoms with Crippen molar-refractivity contribution in [1.29, 1.82) is 0 Å². The first-order valence-electron chi connectivity index (χ1n) is 6.70. The van der Waals surface area contributed by atoms with Gasteiger partial charge in [-0.1, -0.05) is 18.2 Å². The summed E-state index contributed by atoms with van der Waals surface area (Å²) in [4.78, 5) is 27.3. The zero-order chi connectivity index (χ0) is 15.2. The maximum Gasteiger partial charge on any atom is 0.253 e. The molecule has 1 heterocycles. The molecule has 0 unspecified atom stereocenters. The zero-order valence-electron chi connectivity index (χ0n) is 12.1. The molecular formula is C16H18N2O3. The Morgan fingerprint density at radius 1 is 1.29 bits per heavy atom. The molecule has 1 amide bonds. The Morgan fingerprint density at radius 3 is 2.76 bits per heavy atom. The van der Waals surface area contributed by atoms with Gasteiger partial charge < -0.3 is 14.6 Å². The monoisotopic (exact) mass is 286 g/mol. The molecule has 5 heteroatoms. The Labute approximate surface area is 123 Å². The SMILES string of the molecule is Cc1ccccc1OCCN(C)C(=O)c1cc[nH]c(=O)c1. The number of likely N-dealkylation sites (N-methyl/N-ethyl adjacent to an activating group) is 1. The van der Waals surface area contributed by atoms with Crippen LogP contribution in [-0.4, -0.2) is 36.0 Å². The maximum atomic E-state index is 12.1. The Kier molecular flexibility index (Phi) is 4.77. The van der Waals surface area contributed by atoms with Crippen LogP contribution in [0.25, 0.3) is 0 Å². The fourth-order valence-corrected chi connectivity index (χ4v) is 1.91. The number of amides is 1. The Bertz CT molecular complexity index is 679. The molecule has 1 N–H and O–H groups in total. The molecule has 0 aliphatic heterocycles. The standard InChI is InChI=1S/C16H18N2O3/c1-12-5-3-4-6-14(12)21-10-9-18(2)16(20)13-7-8-17-15(19)11-13/h3-8,11H,9-10H2,1-2H3,(H,17,19). The van der Waals surface area contributed by atoms with Crippen LogP contribution in [0.1, 0.15) is 15.9 Å². The second-order valence-electron chi connectivity index (χ2n) is 4.78. The third-order valence-electron chi connectivity index (χ3n) is 3.15. The molecule has 0 aliphatic carbocycles. The van der Waals surface area contributed by atoms with Crippen molar-refractivity contribution < 1.29 is 9.53 Å². The molecule has 5 nitrogen and oxygen atoms in total. The first-order valence-corrected chi connectivity index (χ1v) is 6.70. The summed E-state index contributed by atoms with van der Waals surface area (Å²) in [6, 6.07) is 10.6. The van der Waals surface area contributed by atoms with Gasteiger partial charge >= 0.3 is 0 Å². The number of carbonyl (C=O) groups is 1. The van der Waals surface area contributed by atoms with Gasteiger partial charge in [0.05, 0.1) is 6.54 Å². The molecular weight excluding hydrogens is 268 g/mol. The highest BCUT2D eigenvalue weighted by atomic mass is 16.5. The van der Waals surface area contributed by atoms with Gasteiger partial charge in [0.15, 0.2) is 0 Å². The number of carbonyl (C=O) groups excluding carboxylic acids is 1. The van der Waals surface area contributed by atoms with Crippen molar-refractivity contribution in [3.05, 3.63) is 64.1 Å². The van der Waals surface area contributed by atoms with E-state index in [2.05, 4.69) is 4.98 Å². The summed E-state index contributed by atoms with van der Waals surface area (Å²) >= 11 is 0. The summed E-state index contributed by atoms with van der Waals surface area (Å²) in [7, 11) is 1.69. The van der Waals surface area contributed by atoms with Crippen molar-refractivity contribution in [2.75, 3.05) is 20.2 Å². The summed E-state index contributed by atoms with van der Waals surface area (Å²) in [5.74, 6) is 0.615. The smallest absolute Gasteiger partial charge is 0.253 e. The van der Waals surface area contributed by atoms with E-state index in [1.807, 2.05) is 31.2 Å². The Balaban J connectivity index is 1.90. The van der Waals surface area contributed by atoms with E-state index in [1.54, 1.807) is 13.1 Å². The van der Waals surface area contributed by atoms with E-state index >= 15 is 0 Å². The van der Waals surface area contributed by atoms with Gasteiger partial charge in [0.1, 0.15) is 12.4 Å². The minimum Gasteiger partial charge on any atom is -0.491 e. The lowest BCUT2D eigenvalue weighted by Gasteiger charge is -2.18. The lowest BCUT2D eigenvalue weighted by Crippen LogP contribution is -2.31. The van der Waals surface area contributed by atoms with Crippen molar-refractivity contribution in [3.8, 4) is 5.75 Å². The van der Waals surface area contributed by atoms with Crippen molar-refractivity contribution in [1.82, 2.24) is 9.88 Å². The number of rotatable bonds is 5. The molecule has 2 rings (SSSR count). The Morgan fingerprint density at radius 2 is 2.05 bits per heavy atom. The summed E-state index contributed by atoms with van der Waals surface area (Å²) in [6.07, 6.45) is 1.47. The molecule has 0 aliphatic rings. The largest absolute Gasteiger partial charge is 0.491 e. The molecule has 0 spiro atoms. The number of hydrogen-bond acceptors (Lipinski definition) is 3. The number of ether oxygens (including phenoxy) is 1. The van der Waals surface area contributed by atoms with Gasteiger partial charge in [-0.2, -0.15) is 0 Å². The number of hydrogen-bond donors (Lipinski definition) is 1. The van der Waals surface area contributed by atoms with Crippen LogP contribution in [0.15, 0.2) is 47.4 Å². The fourth-order valence-electron chi connectivity index (χ4n) is 1.91. The highest BCUT2D eigenvalue weighted by Crippen LogP contribution is 2.15. The van der Waals surface area contributed by atoms with E-state index in [4.69, 9.17) is 4.74 Å². The van der Waals surface area contributed by atoms with Crippen molar-refractivity contribution in [2.45, 2.75) is 6.92 Å². The van der Waals surface area contributed by atoms with Gasteiger partial charge in [-0.3, -0.25) is 9.59 Å². The first-order chi connectivity index (χ1) is 10.1. The number of nitrogens with zero attached hydrogens (tertiary/aromatic N) is 1. The number of para-hydroxylation sites is 1. The average molecular weight is 286 g/mol. The van der Waals surface area contributed by atoms with E-state index in [0.29, 0.717) is 18.7 Å². The van der Waals surface area contributed by atoms with Crippen LogP contribution in [0, 0.1) is 6.92 Å². The molecule has 0 fully saturated rings. The highest BCUT2D eigenvalue weighted by molar-refractivity contribution is 5.93. The lowest BCUT2D eigenvalue weighted by atomic mass is 10.2. The molecule has 0 bridgehead atoms. The van der Waals surface area contributed by atoms with E-state index in [9.17, 15) is 9.59 Å². The minimum atomic E-state index is -0.287. The predicted octanol–water partition coefficient (Wildman–Crippen LogP) is 1.83. The maximum absolute atomic E-state index is 12.1. The van der Waals surface area contributed by atoms with Crippen LogP contribution in [0.5, 0.6) is 5.75 Å². The Hall–Kier alpha value is -2.56. The van der Waals surface area contributed by atoms with E-state index < -0.39 is 0 Å². The minimum absolute atomic E-state index is 0.200. The molecule has 2 aromatic rings. The average Bonchev–Trinajstić information content (AvgIpc) is 2.48. The molecule has 110 valence electrons. The summed E-state index contributed by atoms with van der Waals surface area (Å²) < 4.78 is 5.66. The molecule has 0 saturated carbocycles. The molecule has 0 saturated heterocycles. The van der Waals surface area contributed by atoms with Gasteiger partial charge in [0.2, 0.25) is 5.56 Å². The number of benzene rings is 1. The van der Waals surface area contributed by atoms with Gasteiger partial charge in [-0.15, -0.1) is 0 Å². The third-order valence-corrected chi connectivity index (χ3v) is 3.15. The zero-order valence-corrected chi connectivity index (χ0v) is 12.1. The van der Waals surface area contributed by atoms with Gasteiger partial charge in [0, 0.05) is 24.9 Å². The highest BCUT2D eigenvalue weighted by Gasteiger charge is 2.12. The van der Waals surface area contributed by atoms with Crippen molar-refractivity contribution >= 4 is 5.91 Å². The molecule has 0 radical (unpaired) electrons. The first kappa shape index (κ1) is 14.8. The second kappa shape index (κ2) is 6.74. The van der Waals surface area contributed by atoms with Crippen molar-refractivity contribution in [3.63, 3.8) is 0 Å². The molecule has 1 aromatic carbocycles. The van der Waals surface area contributed by atoms with Crippen molar-refractivity contribution in [2.24, 2.45) is 0 Å². The van der Waals surface area contributed by atoms with Crippen LogP contribution >= 0.6 is 0 Å². The molecule has 0 atom stereocenters. The van der Waals surface area contributed by atoms with Crippen LogP contribution in [0.4, 0.5) is 0 Å². The quantitative estimate of drug-likeness (QED) is 0.912.